The molecule has 0 saturated heterocycles. The van der Waals surface area contributed by atoms with Crippen molar-refractivity contribution in [3.63, 3.8) is 0 Å². The molecule has 0 aliphatic rings. The van der Waals surface area contributed by atoms with Gasteiger partial charge in [0.1, 0.15) is 11.3 Å². The first-order chi connectivity index (χ1) is 12.3. The maximum absolute atomic E-state index is 5.29. The third-order valence-corrected chi connectivity index (χ3v) is 4.50. The molecule has 0 aliphatic carbocycles. The second-order valence-corrected chi connectivity index (χ2v) is 6.19. The van der Waals surface area contributed by atoms with Crippen molar-refractivity contribution in [1.29, 1.82) is 0 Å². The number of rotatable bonds is 5. The number of unbranched alkanes of at least 4 members (excludes halogenated alkanes) is 1. The van der Waals surface area contributed by atoms with E-state index in [1.54, 1.807) is 7.11 Å². The summed E-state index contributed by atoms with van der Waals surface area (Å²) in [5, 5.41) is 0. The molecular weight excluding hydrogens is 310 g/mol. The number of ether oxygens (including phenoxy) is 1. The summed E-state index contributed by atoms with van der Waals surface area (Å²) in [6, 6.07) is 18.3. The smallest absolute Gasteiger partial charge is 0.164 e. The highest BCUT2D eigenvalue weighted by atomic mass is 16.5. The Kier molecular flexibility index (Phi) is 4.10. The number of methoxy groups -OCH3 is 1. The molecule has 0 atom stereocenters. The van der Waals surface area contributed by atoms with Crippen LogP contribution in [0.1, 0.15) is 25.5 Å². The average Bonchev–Trinajstić information content (AvgIpc) is 3.01. The molecule has 2 aromatic heterocycles. The topological polar surface area (TPSA) is 39.9 Å². The molecular formula is C21H21N3O. The van der Waals surface area contributed by atoms with E-state index in [0.717, 1.165) is 52.9 Å². The number of para-hydroxylation sites is 2. The van der Waals surface area contributed by atoms with Gasteiger partial charge in [0.15, 0.2) is 5.65 Å². The van der Waals surface area contributed by atoms with E-state index in [0.29, 0.717) is 0 Å². The Bertz CT molecular complexity index is 1020. The largest absolute Gasteiger partial charge is 0.497 e. The van der Waals surface area contributed by atoms with Gasteiger partial charge in [-0.2, -0.15) is 0 Å². The monoisotopic (exact) mass is 331 g/mol. The van der Waals surface area contributed by atoms with Crippen LogP contribution in [0.4, 0.5) is 0 Å². The first-order valence-electron chi connectivity index (χ1n) is 8.71. The number of aryl methyl sites for hydroxylation is 1. The first-order valence-corrected chi connectivity index (χ1v) is 8.71. The molecule has 4 nitrogen and oxygen atoms in total. The Morgan fingerprint density at radius 3 is 2.32 bits per heavy atom. The predicted octanol–water partition coefficient (Wildman–Crippen LogP) is 4.92. The van der Waals surface area contributed by atoms with E-state index in [1.165, 1.54) is 5.69 Å². The summed E-state index contributed by atoms with van der Waals surface area (Å²) in [7, 11) is 1.68. The quantitative estimate of drug-likeness (QED) is 0.521. The molecule has 0 unspecified atom stereocenters. The van der Waals surface area contributed by atoms with E-state index in [2.05, 4.69) is 29.7 Å². The minimum atomic E-state index is 0.854. The Balaban J connectivity index is 1.95. The van der Waals surface area contributed by atoms with Crippen LogP contribution in [0.2, 0.25) is 0 Å². The number of hydrogen-bond acceptors (Lipinski definition) is 3. The van der Waals surface area contributed by atoms with Crippen molar-refractivity contribution < 1.29 is 4.74 Å². The van der Waals surface area contributed by atoms with Gasteiger partial charge < -0.3 is 4.74 Å². The lowest BCUT2D eigenvalue weighted by atomic mass is 10.2. The zero-order valence-corrected chi connectivity index (χ0v) is 14.6. The van der Waals surface area contributed by atoms with Crippen LogP contribution in [0.3, 0.4) is 0 Å². The molecule has 0 N–H and O–H groups in total. The molecule has 0 amide bonds. The molecule has 0 radical (unpaired) electrons. The highest BCUT2D eigenvalue weighted by Crippen LogP contribution is 2.26. The summed E-state index contributed by atoms with van der Waals surface area (Å²) in [4.78, 5) is 9.71. The van der Waals surface area contributed by atoms with E-state index in [4.69, 9.17) is 14.7 Å². The van der Waals surface area contributed by atoms with Crippen molar-refractivity contribution in [2.24, 2.45) is 0 Å². The lowest BCUT2D eigenvalue weighted by Crippen LogP contribution is -2.01. The van der Waals surface area contributed by atoms with Crippen LogP contribution in [-0.4, -0.2) is 21.6 Å². The summed E-state index contributed by atoms with van der Waals surface area (Å²) < 4.78 is 7.52. The van der Waals surface area contributed by atoms with Gasteiger partial charge in [-0.05, 0) is 55.3 Å². The fraction of sp³-hybridized carbons (Fsp3) is 0.238. The van der Waals surface area contributed by atoms with Gasteiger partial charge in [0.25, 0.3) is 0 Å². The van der Waals surface area contributed by atoms with E-state index in [1.807, 2.05) is 36.4 Å². The van der Waals surface area contributed by atoms with E-state index >= 15 is 0 Å². The van der Waals surface area contributed by atoms with E-state index in [9.17, 15) is 0 Å². The zero-order chi connectivity index (χ0) is 17.2. The minimum Gasteiger partial charge on any atom is -0.497 e. The van der Waals surface area contributed by atoms with Crippen molar-refractivity contribution in [2.45, 2.75) is 26.2 Å². The number of aromatic nitrogens is 3. The van der Waals surface area contributed by atoms with E-state index < -0.39 is 0 Å². The Hall–Kier alpha value is -2.88. The van der Waals surface area contributed by atoms with Crippen molar-refractivity contribution in [3.8, 4) is 11.4 Å². The van der Waals surface area contributed by atoms with Gasteiger partial charge >= 0.3 is 0 Å². The molecule has 25 heavy (non-hydrogen) atoms. The Labute approximate surface area is 147 Å². The number of nitrogens with zero attached hydrogens (tertiary/aromatic N) is 3. The summed E-state index contributed by atoms with van der Waals surface area (Å²) in [5.74, 6) is 0.854. The Morgan fingerprint density at radius 1 is 0.920 bits per heavy atom. The predicted molar refractivity (Wildman–Crippen MR) is 102 cm³/mol. The van der Waals surface area contributed by atoms with Gasteiger partial charge in [-0.3, -0.25) is 4.57 Å². The van der Waals surface area contributed by atoms with Crippen LogP contribution >= 0.6 is 0 Å². The maximum Gasteiger partial charge on any atom is 0.164 e. The second kappa shape index (κ2) is 6.55. The van der Waals surface area contributed by atoms with Crippen molar-refractivity contribution >= 4 is 22.2 Å². The SMILES string of the molecule is CCCCc1cc2nc3ccccc3nc2n1-c1ccc(OC)cc1. The lowest BCUT2D eigenvalue weighted by Gasteiger charge is -2.11. The summed E-state index contributed by atoms with van der Waals surface area (Å²) >= 11 is 0. The molecule has 126 valence electrons. The number of benzene rings is 2. The van der Waals surface area contributed by atoms with Gasteiger partial charge in [0.2, 0.25) is 0 Å². The fourth-order valence-electron chi connectivity index (χ4n) is 3.19. The van der Waals surface area contributed by atoms with E-state index in [-0.39, 0.29) is 0 Å². The molecule has 0 saturated carbocycles. The summed E-state index contributed by atoms with van der Waals surface area (Å²) in [5.41, 5.74) is 6.05. The maximum atomic E-state index is 5.29. The third kappa shape index (κ3) is 2.84. The molecule has 0 bridgehead atoms. The molecule has 4 rings (SSSR count). The summed E-state index contributed by atoms with van der Waals surface area (Å²) in [6.07, 6.45) is 3.32. The van der Waals surface area contributed by atoms with Crippen molar-refractivity contribution in [3.05, 3.63) is 60.3 Å². The average molecular weight is 331 g/mol. The van der Waals surface area contributed by atoms with Crippen LogP contribution < -0.4 is 4.74 Å². The highest BCUT2D eigenvalue weighted by molar-refractivity contribution is 5.86. The zero-order valence-electron chi connectivity index (χ0n) is 14.6. The second-order valence-electron chi connectivity index (χ2n) is 6.19. The standard InChI is InChI=1S/C21H21N3O/c1-3-4-7-16-14-20-21(23-19-9-6-5-8-18(19)22-20)24(16)15-10-12-17(25-2)13-11-15/h5-6,8-14H,3-4,7H2,1-2H3. The van der Waals surface area contributed by atoms with Crippen molar-refractivity contribution in [2.75, 3.05) is 7.11 Å². The van der Waals surface area contributed by atoms with Gasteiger partial charge in [0.05, 0.1) is 18.1 Å². The molecule has 0 spiro atoms. The molecule has 0 fully saturated rings. The first kappa shape index (κ1) is 15.6. The molecule has 2 heterocycles. The molecule has 0 aliphatic heterocycles. The van der Waals surface area contributed by atoms with Gasteiger partial charge in [0, 0.05) is 11.4 Å². The van der Waals surface area contributed by atoms with Crippen LogP contribution in [0.15, 0.2) is 54.6 Å². The van der Waals surface area contributed by atoms with Crippen LogP contribution in [0.25, 0.3) is 27.9 Å². The van der Waals surface area contributed by atoms with Gasteiger partial charge in [-0.1, -0.05) is 25.5 Å². The van der Waals surface area contributed by atoms with Crippen LogP contribution in [0.5, 0.6) is 5.75 Å². The normalized spacial score (nSPS) is 11.3. The van der Waals surface area contributed by atoms with Crippen molar-refractivity contribution in [1.82, 2.24) is 14.5 Å². The lowest BCUT2D eigenvalue weighted by molar-refractivity contribution is 0.414. The van der Waals surface area contributed by atoms with Gasteiger partial charge in [-0.15, -0.1) is 0 Å². The van der Waals surface area contributed by atoms with Crippen LogP contribution in [-0.2, 0) is 6.42 Å². The summed E-state index contributed by atoms with van der Waals surface area (Å²) in [6.45, 7) is 2.21. The highest BCUT2D eigenvalue weighted by Gasteiger charge is 2.14. The van der Waals surface area contributed by atoms with Gasteiger partial charge in [-0.25, -0.2) is 9.97 Å². The molecule has 4 aromatic rings. The van der Waals surface area contributed by atoms with Crippen LogP contribution in [0, 0.1) is 0 Å². The molecule has 2 aromatic carbocycles. The minimum absolute atomic E-state index is 0.854. The fourth-order valence-corrected chi connectivity index (χ4v) is 3.19. The number of fused-ring (bicyclic) bond motifs is 2. The number of hydrogen-bond donors (Lipinski definition) is 0. The third-order valence-electron chi connectivity index (χ3n) is 4.50. The Morgan fingerprint density at radius 2 is 1.64 bits per heavy atom. The molecule has 4 heteroatoms.